The summed E-state index contributed by atoms with van der Waals surface area (Å²) >= 11 is 0. The van der Waals surface area contributed by atoms with Crippen molar-refractivity contribution in [1.82, 2.24) is 4.90 Å². The molecular weight excluding hydrogens is 198 g/mol. The second-order valence-corrected chi connectivity index (χ2v) is 3.37. The summed E-state index contributed by atoms with van der Waals surface area (Å²) in [7, 11) is 2.93. The van der Waals surface area contributed by atoms with E-state index in [1.807, 2.05) is 0 Å². The number of methoxy groups -OCH3 is 2. The Kier molecular flexibility index (Phi) is 3.60. The smallest absolute Gasteiger partial charge is 0.257 e. The lowest BCUT2D eigenvalue weighted by Crippen LogP contribution is -2.39. The maximum Gasteiger partial charge on any atom is 0.257 e. The van der Waals surface area contributed by atoms with Crippen LogP contribution in [0.4, 0.5) is 0 Å². The molecule has 5 heteroatoms. The number of amides is 2. The van der Waals surface area contributed by atoms with Crippen LogP contribution in [0.15, 0.2) is 11.1 Å². The predicted octanol–water partition coefficient (Wildman–Crippen LogP) is 0.310. The summed E-state index contributed by atoms with van der Waals surface area (Å²) in [6.07, 6.45) is -0.573. The van der Waals surface area contributed by atoms with Crippen molar-refractivity contribution in [2.24, 2.45) is 0 Å². The van der Waals surface area contributed by atoms with Gasteiger partial charge in [0.1, 0.15) is 0 Å². The Hall–Kier alpha value is -1.20. The van der Waals surface area contributed by atoms with Gasteiger partial charge in [0.2, 0.25) is 0 Å². The van der Waals surface area contributed by atoms with Gasteiger partial charge in [-0.05, 0) is 13.8 Å². The number of carbonyl (C=O) groups is 2. The standard InChI is InChI=1S/C10H15NO4/c1-6-7(2)10(13)11(9(6)12)5-8(14-3)15-4/h8H,5H2,1-4H3. The number of rotatable bonds is 4. The Labute approximate surface area is 88.6 Å². The molecule has 0 aliphatic carbocycles. The third-order valence-corrected chi connectivity index (χ3v) is 2.55. The second kappa shape index (κ2) is 4.55. The highest BCUT2D eigenvalue weighted by Crippen LogP contribution is 2.20. The average molecular weight is 213 g/mol. The third-order valence-electron chi connectivity index (χ3n) is 2.55. The van der Waals surface area contributed by atoms with E-state index in [0.29, 0.717) is 11.1 Å². The van der Waals surface area contributed by atoms with Gasteiger partial charge in [0, 0.05) is 25.4 Å². The summed E-state index contributed by atoms with van der Waals surface area (Å²) in [6, 6.07) is 0. The van der Waals surface area contributed by atoms with Crippen molar-refractivity contribution in [3.63, 3.8) is 0 Å². The predicted molar refractivity (Wildman–Crippen MR) is 52.9 cm³/mol. The van der Waals surface area contributed by atoms with Gasteiger partial charge in [0.15, 0.2) is 6.29 Å². The molecular formula is C10H15NO4. The van der Waals surface area contributed by atoms with Crippen LogP contribution in [-0.2, 0) is 19.1 Å². The molecule has 0 atom stereocenters. The molecule has 0 fully saturated rings. The quantitative estimate of drug-likeness (QED) is 0.498. The molecule has 2 amide bonds. The highest BCUT2D eigenvalue weighted by molar-refractivity contribution is 6.18. The summed E-state index contributed by atoms with van der Waals surface area (Å²) in [5.41, 5.74) is 0.983. The van der Waals surface area contributed by atoms with E-state index in [2.05, 4.69) is 0 Å². The zero-order valence-electron chi connectivity index (χ0n) is 9.36. The number of carbonyl (C=O) groups excluding carboxylic acids is 2. The second-order valence-electron chi connectivity index (χ2n) is 3.37. The molecule has 0 spiro atoms. The highest BCUT2D eigenvalue weighted by atomic mass is 16.7. The van der Waals surface area contributed by atoms with E-state index < -0.39 is 6.29 Å². The molecule has 0 aromatic heterocycles. The van der Waals surface area contributed by atoms with Crippen molar-refractivity contribution in [2.45, 2.75) is 20.1 Å². The summed E-state index contributed by atoms with van der Waals surface area (Å²) in [6.45, 7) is 3.41. The van der Waals surface area contributed by atoms with Gasteiger partial charge in [0.25, 0.3) is 11.8 Å². The van der Waals surface area contributed by atoms with Gasteiger partial charge in [-0.2, -0.15) is 0 Å². The normalized spacial score (nSPS) is 17.3. The minimum Gasteiger partial charge on any atom is -0.354 e. The average Bonchev–Trinajstić information content (AvgIpc) is 2.42. The third kappa shape index (κ3) is 2.08. The number of ether oxygens (including phenoxy) is 2. The number of hydrogen-bond donors (Lipinski definition) is 0. The Morgan fingerprint density at radius 3 is 1.80 bits per heavy atom. The molecule has 1 rings (SSSR count). The van der Waals surface area contributed by atoms with E-state index in [1.165, 1.54) is 14.2 Å². The van der Waals surface area contributed by atoms with Gasteiger partial charge in [-0.25, -0.2) is 0 Å². The lowest BCUT2D eigenvalue weighted by molar-refractivity contribution is -0.151. The Morgan fingerprint density at radius 1 is 1.07 bits per heavy atom. The van der Waals surface area contributed by atoms with E-state index in [9.17, 15) is 9.59 Å². The zero-order chi connectivity index (χ0) is 11.6. The van der Waals surface area contributed by atoms with Crippen molar-refractivity contribution in [2.75, 3.05) is 20.8 Å². The number of nitrogens with zero attached hydrogens (tertiary/aromatic N) is 1. The zero-order valence-corrected chi connectivity index (χ0v) is 9.36. The van der Waals surface area contributed by atoms with Gasteiger partial charge in [-0.3, -0.25) is 14.5 Å². The van der Waals surface area contributed by atoms with Crippen LogP contribution in [0.3, 0.4) is 0 Å². The van der Waals surface area contributed by atoms with E-state index in [4.69, 9.17) is 9.47 Å². The molecule has 0 N–H and O–H groups in total. The van der Waals surface area contributed by atoms with Crippen LogP contribution in [0.2, 0.25) is 0 Å². The minimum absolute atomic E-state index is 0.124. The van der Waals surface area contributed by atoms with Gasteiger partial charge >= 0.3 is 0 Å². The monoisotopic (exact) mass is 213 g/mol. The first kappa shape index (κ1) is 11.9. The number of hydrogen-bond acceptors (Lipinski definition) is 4. The van der Waals surface area contributed by atoms with E-state index in [-0.39, 0.29) is 18.4 Å². The molecule has 1 aliphatic heterocycles. The van der Waals surface area contributed by atoms with Crippen molar-refractivity contribution >= 4 is 11.8 Å². The molecule has 84 valence electrons. The summed E-state index contributed by atoms with van der Waals surface area (Å²) < 4.78 is 9.88. The SMILES string of the molecule is COC(CN1C(=O)C(C)=C(C)C1=O)OC. The van der Waals surface area contributed by atoms with Gasteiger partial charge in [-0.15, -0.1) is 0 Å². The fourth-order valence-corrected chi connectivity index (χ4v) is 1.38. The van der Waals surface area contributed by atoms with Crippen LogP contribution >= 0.6 is 0 Å². The van der Waals surface area contributed by atoms with Crippen molar-refractivity contribution in [1.29, 1.82) is 0 Å². The molecule has 0 unspecified atom stereocenters. The maximum absolute atomic E-state index is 11.6. The molecule has 0 saturated carbocycles. The molecule has 0 saturated heterocycles. The van der Waals surface area contributed by atoms with Gasteiger partial charge < -0.3 is 9.47 Å². The molecule has 1 heterocycles. The molecule has 0 bridgehead atoms. The largest absolute Gasteiger partial charge is 0.354 e. The van der Waals surface area contributed by atoms with Gasteiger partial charge in [0.05, 0.1) is 6.54 Å². The Bertz CT molecular complexity index is 293. The fourth-order valence-electron chi connectivity index (χ4n) is 1.38. The summed E-state index contributed by atoms with van der Waals surface area (Å²) in [5, 5.41) is 0. The molecule has 5 nitrogen and oxygen atoms in total. The first-order valence-electron chi connectivity index (χ1n) is 4.62. The van der Waals surface area contributed by atoms with E-state index in [0.717, 1.165) is 4.90 Å². The first-order chi connectivity index (χ1) is 7.02. The van der Waals surface area contributed by atoms with Crippen molar-refractivity contribution in [3.05, 3.63) is 11.1 Å². The van der Waals surface area contributed by atoms with Crippen LogP contribution < -0.4 is 0 Å². The minimum atomic E-state index is -0.573. The van der Waals surface area contributed by atoms with E-state index in [1.54, 1.807) is 13.8 Å². The van der Waals surface area contributed by atoms with E-state index >= 15 is 0 Å². The Morgan fingerprint density at radius 2 is 1.47 bits per heavy atom. The van der Waals surface area contributed by atoms with Crippen LogP contribution in [0.25, 0.3) is 0 Å². The molecule has 0 radical (unpaired) electrons. The lowest BCUT2D eigenvalue weighted by atomic mass is 10.2. The fraction of sp³-hybridized carbons (Fsp3) is 0.600. The highest BCUT2D eigenvalue weighted by Gasteiger charge is 2.34. The van der Waals surface area contributed by atoms with Crippen LogP contribution in [-0.4, -0.2) is 43.8 Å². The van der Waals surface area contributed by atoms with Crippen molar-refractivity contribution < 1.29 is 19.1 Å². The number of imide groups is 1. The molecule has 1 aliphatic rings. The maximum atomic E-state index is 11.6. The molecule has 0 aromatic carbocycles. The van der Waals surface area contributed by atoms with Gasteiger partial charge in [-0.1, -0.05) is 0 Å². The molecule has 15 heavy (non-hydrogen) atoms. The van der Waals surface area contributed by atoms with Crippen LogP contribution in [0.1, 0.15) is 13.8 Å². The van der Waals surface area contributed by atoms with Crippen LogP contribution in [0.5, 0.6) is 0 Å². The van der Waals surface area contributed by atoms with Crippen LogP contribution in [0, 0.1) is 0 Å². The first-order valence-corrected chi connectivity index (χ1v) is 4.62. The topological polar surface area (TPSA) is 55.8 Å². The van der Waals surface area contributed by atoms with Crippen molar-refractivity contribution in [3.8, 4) is 0 Å². The Balaban J connectivity index is 2.75. The summed E-state index contributed by atoms with van der Waals surface area (Å²) in [5.74, 6) is -0.534. The lowest BCUT2D eigenvalue weighted by Gasteiger charge is -2.20. The molecule has 0 aromatic rings. The summed E-state index contributed by atoms with van der Waals surface area (Å²) in [4.78, 5) is 24.4.